The first-order chi connectivity index (χ1) is 8.62. The largest absolute Gasteiger partial charge is 0.392 e. The zero-order chi connectivity index (χ0) is 13.0. The average molecular weight is 326 g/mol. The van der Waals surface area contributed by atoms with Gasteiger partial charge >= 0.3 is 0 Å². The number of thiophene rings is 1. The Labute approximate surface area is 120 Å². The van der Waals surface area contributed by atoms with Crippen molar-refractivity contribution in [2.45, 2.75) is 16.1 Å². The van der Waals surface area contributed by atoms with Crippen LogP contribution in [-0.4, -0.2) is 42.6 Å². The summed E-state index contributed by atoms with van der Waals surface area (Å²) in [4.78, 5) is 0. The molecule has 0 radical (unpaired) electrons. The summed E-state index contributed by atoms with van der Waals surface area (Å²) < 4.78 is 26.9. The minimum atomic E-state index is -3.41. The van der Waals surface area contributed by atoms with E-state index in [0.29, 0.717) is 17.4 Å². The molecule has 102 valence electrons. The molecule has 4 nitrogen and oxygen atoms in total. The van der Waals surface area contributed by atoms with Crippen molar-refractivity contribution in [1.82, 2.24) is 4.72 Å². The van der Waals surface area contributed by atoms with Gasteiger partial charge in [-0.2, -0.15) is 23.5 Å². The lowest BCUT2D eigenvalue weighted by atomic mass is 10.4. The van der Waals surface area contributed by atoms with Crippen LogP contribution >= 0.6 is 34.9 Å². The number of aliphatic hydroxyl groups is 1. The number of hydrogen-bond donors (Lipinski definition) is 2. The summed E-state index contributed by atoms with van der Waals surface area (Å²) in [6.45, 7) is 0.355. The summed E-state index contributed by atoms with van der Waals surface area (Å²) in [7, 11) is -3.41. The van der Waals surface area contributed by atoms with Crippen molar-refractivity contribution in [3.8, 4) is 0 Å². The van der Waals surface area contributed by atoms with Gasteiger partial charge in [-0.05, 0) is 17.0 Å². The van der Waals surface area contributed by atoms with Gasteiger partial charge in [0.25, 0.3) is 0 Å². The van der Waals surface area contributed by atoms with Gasteiger partial charge in [0.2, 0.25) is 10.0 Å². The van der Waals surface area contributed by atoms with Gasteiger partial charge in [0.05, 0.1) is 6.61 Å². The van der Waals surface area contributed by atoms with E-state index in [-0.39, 0.29) is 10.8 Å². The zero-order valence-electron chi connectivity index (χ0n) is 9.66. The highest BCUT2D eigenvalue weighted by atomic mass is 32.2. The normalized spacial score (nSPS) is 21.1. The Kier molecular flexibility index (Phi) is 5.40. The monoisotopic (exact) mass is 325 g/mol. The van der Waals surface area contributed by atoms with Crippen LogP contribution in [0.4, 0.5) is 0 Å². The fourth-order valence-electron chi connectivity index (χ4n) is 1.51. The Hall–Kier alpha value is 0.270. The van der Waals surface area contributed by atoms with Crippen molar-refractivity contribution < 1.29 is 13.5 Å². The molecule has 1 aromatic heterocycles. The Balaban J connectivity index is 1.94. The molecule has 2 N–H and O–H groups in total. The van der Waals surface area contributed by atoms with Gasteiger partial charge in [-0.3, -0.25) is 0 Å². The highest BCUT2D eigenvalue weighted by Crippen LogP contribution is 2.24. The first-order valence-electron chi connectivity index (χ1n) is 5.49. The summed E-state index contributed by atoms with van der Waals surface area (Å²) in [5, 5.41) is 11.0. The first-order valence-corrected chi connectivity index (χ1v) is 10.1. The van der Waals surface area contributed by atoms with E-state index in [1.54, 1.807) is 5.38 Å². The standard InChI is InChI=1S/C10H15NO3S4/c12-5-8-3-10(17-6-8)18(13,14)11-4-9-7-15-1-2-16-9/h3,6,9,11-12H,1-2,4-5,7H2. The van der Waals surface area contributed by atoms with Crippen molar-refractivity contribution in [2.75, 3.05) is 23.8 Å². The molecule has 1 atom stereocenters. The molecular formula is C10H15NO3S4. The van der Waals surface area contributed by atoms with E-state index < -0.39 is 10.0 Å². The van der Waals surface area contributed by atoms with Gasteiger partial charge in [-0.1, -0.05) is 0 Å². The van der Waals surface area contributed by atoms with Crippen LogP contribution in [-0.2, 0) is 16.6 Å². The molecule has 1 saturated heterocycles. The quantitative estimate of drug-likeness (QED) is 0.856. The third kappa shape index (κ3) is 3.88. The third-order valence-electron chi connectivity index (χ3n) is 2.46. The Morgan fingerprint density at radius 2 is 2.28 bits per heavy atom. The van der Waals surface area contributed by atoms with E-state index in [1.807, 2.05) is 23.5 Å². The molecule has 0 amide bonds. The van der Waals surface area contributed by atoms with Gasteiger partial charge < -0.3 is 5.11 Å². The lowest BCUT2D eigenvalue weighted by Gasteiger charge is -2.20. The summed E-state index contributed by atoms with van der Waals surface area (Å²) in [6, 6.07) is 1.52. The zero-order valence-corrected chi connectivity index (χ0v) is 12.9. The fourth-order valence-corrected chi connectivity index (χ4v) is 6.55. The smallest absolute Gasteiger partial charge is 0.250 e. The van der Waals surface area contributed by atoms with Gasteiger partial charge in [0, 0.05) is 29.1 Å². The van der Waals surface area contributed by atoms with Gasteiger partial charge in [0.15, 0.2) is 0 Å². The maximum absolute atomic E-state index is 12.0. The number of rotatable bonds is 5. The lowest BCUT2D eigenvalue weighted by molar-refractivity contribution is 0.282. The molecule has 1 aromatic rings. The fraction of sp³-hybridized carbons (Fsp3) is 0.600. The molecule has 1 aliphatic rings. The van der Waals surface area contributed by atoms with E-state index in [0.717, 1.165) is 28.6 Å². The van der Waals surface area contributed by atoms with Crippen molar-refractivity contribution in [1.29, 1.82) is 0 Å². The Bertz CT molecular complexity index is 479. The number of hydrogen-bond acceptors (Lipinski definition) is 6. The highest BCUT2D eigenvalue weighted by molar-refractivity contribution is 8.06. The summed E-state index contributed by atoms with van der Waals surface area (Å²) in [5.41, 5.74) is 0.642. The molecule has 2 heterocycles. The molecule has 1 fully saturated rings. The van der Waals surface area contributed by atoms with Crippen LogP contribution < -0.4 is 4.72 Å². The van der Waals surface area contributed by atoms with E-state index in [2.05, 4.69) is 4.72 Å². The molecular weight excluding hydrogens is 310 g/mol. The number of nitrogens with one attached hydrogen (secondary N) is 1. The maximum atomic E-state index is 12.0. The Morgan fingerprint density at radius 1 is 1.44 bits per heavy atom. The second-order valence-corrected chi connectivity index (χ2v) is 9.31. The van der Waals surface area contributed by atoms with Crippen molar-refractivity contribution in [2.24, 2.45) is 0 Å². The third-order valence-corrected chi connectivity index (χ3v) is 8.22. The second-order valence-electron chi connectivity index (χ2n) is 3.85. The number of sulfonamides is 1. The van der Waals surface area contributed by atoms with Crippen LogP contribution in [0.15, 0.2) is 15.7 Å². The van der Waals surface area contributed by atoms with Gasteiger partial charge in [-0.15, -0.1) is 11.3 Å². The van der Waals surface area contributed by atoms with Crippen molar-refractivity contribution >= 4 is 44.9 Å². The van der Waals surface area contributed by atoms with Crippen molar-refractivity contribution in [3.63, 3.8) is 0 Å². The van der Waals surface area contributed by atoms with Crippen LogP contribution in [0.1, 0.15) is 5.56 Å². The molecule has 18 heavy (non-hydrogen) atoms. The predicted octanol–water partition coefficient (Wildman–Crippen LogP) is 1.37. The molecule has 0 aliphatic carbocycles. The molecule has 0 aromatic carbocycles. The highest BCUT2D eigenvalue weighted by Gasteiger charge is 2.20. The van der Waals surface area contributed by atoms with Gasteiger partial charge in [0.1, 0.15) is 4.21 Å². The Morgan fingerprint density at radius 3 is 2.89 bits per heavy atom. The molecule has 2 rings (SSSR count). The summed E-state index contributed by atoms with van der Waals surface area (Å²) >= 11 is 4.84. The van der Waals surface area contributed by atoms with E-state index in [9.17, 15) is 8.42 Å². The van der Waals surface area contributed by atoms with Crippen LogP contribution in [0.5, 0.6) is 0 Å². The average Bonchev–Trinajstić information content (AvgIpc) is 2.87. The molecule has 8 heteroatoms. The molecule has 1 unspecified atom stereocenters. The first kappa shape index (κ1) is 14.7. The topological polar surface area (TPSA) is 66.4 Å². The molecule has 0 spiro atoms. The number of aliphatic hydroxyl groups excluding tert-OH is 1. The van der Waals surface area contributed by atoms with Crippen LogP contribution in [0.2, 0.25) is 0 Å². The summed E-state index contributed by atoms with van der Waals surface area (Å²) in [5.74, 6) is 3.24. The SMILES string of the molecule is O=S(=O)(NCC1CSCCS1)c1cc(CO)cs1. The van der Waals surface area contributed by atoms with Gasteiger partial charge in [-0.25, -0.2) is 13.1 Å². The lowest BCUT2D eigenvalue weighted by Crippen LogP contribution is -2.33. The number of thioether (sulfide) groups is 2. The molecule has 0 saturated carbocycles. The summed E-state index contributed by atoms with van der Waals surface area (Å²) in [6.07, 6.45) is 0. The molecule has 1 aliphatic heterocycles. The van der Waals surface area contributed by atoms with E-state index in [4.69, 9.17) is 5.11 Å². The van der Waals surface area contributed by atoms with Crippen LogP contribution in [0, 0.1) is 0 Å². The minimum absolute atomic E-state index is 0.124. The van der Waals surface area contributed by atoms with Crippen molar-refractivity contribution in [3.05, 3.63) is 17.0 Å². The van der Waals surface area contributed by atoms with Crippen LogP contribution in [0.25, 0.3) is 0 Å². The molecule has 0 bridgehead atoms. The maximum Gasteiger partial charge on any atom is 0.250 e. The van der Waals surface area contributed by atoms with E-state index >= 15 is 0 Å². The minimum Gasteiger partial charge on any atom is -0.392 e. The van der Waals surface area contributed by atoms with Crippen LogP contribution in [0.3, 0.4) is 0 Å². The second kappa shape index (κ2) is 6.62. The van der Waals surface area contributed by atoms with E-state index in [1.165, 1.54) is 6.07 Å². The predicted molar refractivity (Wildman–Crippen MR) is 79.0 cm³/mol.